The zero-order chi connectivity index (χ0) is 14.7. The molecule has 0 spiro atoms. The Morgan fingerprint density at radius 3 is 2.16 bits per heavy atom. The quantitative estimate of drug-likeness (QED) is 0.858. The largest absolute Gasteiger partial charge is 0.396 e. The molecule has 1 aromatic rings. The summed E-state index contributed by atoms with van der Waals surface area (Å²) in [6.45, 7) is 6.13. The van der Waals surface area contributed by atoms with Gasteiger partial charge in [-0.25, -0.2) is 8.42 Å². The predicted octanol–water partition coefficient (Wildman–Crippen LogP) is 1.47. The molecule has 0 amide bonds. The number of aliphatic hydroxyl groups excluding tert-OH is 1. The molecule has 0 aliphatic carbocycles. The van der Waals surface area contributed by atoms with Crippen LogP contribution in [0.1, 0.15) is 32.8 Å². The molecule has 108 valence electrons. The molecule has 0 aliphatic rings. The van der Waals surface area contributed by atoms with E-state index >= 15 is 0 Å². The van der Waals surface area contributed by atoms with Crippen molar-refractivity contribution in [1.82, 2.24) is 0 Å². The molecule has 5 heteroatoms. The van der Waals surface area contributed by atoms with E-state index in [0.717, 1.165) is 5.56 Å². The third-order valence-corrected chi connectivity index (χ3v) is 4.87. The number of sulfone groups is 1. The second-order valence-corrected chi connectivity index (χ2v) is 7.86. The summed E-state index contributed by atoms with van der Waals surface area (Å²) in [6, 6.07) is 6.40. The average molecular weight is 285 g/mol. The standard InChI is InChI=1S/C14H23NO3S/c1-14(2,3)11-4-6-13(7-5-11)19(17,18)10-12(15)8-9-16/h4-7,12,16H,8-10,15H2,1-3H3. The van der Waals surface area contributed by atoms with Gasteiger partial charge in [-0.15, -0.1) is 0 Å². The zero-order valence-corrected chi connectivity index (χ0v) is 12.6. The summed E-state index contributed by atoms with van der Waals surface area (Å²) in [5, 5.41) is 8.76. The maximum Gasteiger partial charge on any atom is 0.179 e. The van der Waals surface area contributed by atoms with Crippen LogP contribution in [0.3, 0.4) is 0 Å². The van der Waals surface area contributed by atoms with Gasteiger partial charge in [0.1, 0.15) is 0 Å². The number of benzene rings is 1. The fourth-order valence-electron chi connectivity index (χ4n) is 1.79. The van der Waals surface area contributed by atoms with Crippen LogP contribution in [0.4, 0.5) is 0 Å². The maximum absolute atomic E-state index is 12.1. The molecule has 1 rings (SSSR count). The SMILES string of the molecule is CC(C)(C)c1ccc(S(=O)(=O)CC(N)CCO)cc1. The Bertz CT molecular complexity index is 500. The van der Waals surface area contributed by atoms with Gasteiger partial charge in [-0.3, -0.25) is 0 Å². The summed E-state index contributed by atoms with van der Waals surface area (Å²) in [7, 11) is -3.38. The van der Waals surface area contributed by atoms with Crippen LogP contribution in [0.5, 0.6) is 0 Å². The molecule has 0 radical (unpaired) electrons. The molecule has 4 nitrogen and oxygen atoms in total. The van der Waals surface area contributed by atoms with Crippen LogP contribution in [0.25, 0.3) is 0 Å². The molecule has 0 bridgehead atoms. The third-order valence-electron chi connectivity index (χ3n) is 3.01. The van der Waals surface area contributed by atoms with Crippen LogP contribution in [0.15, 0.2) is 29.2 Å². The summed E-state index contributed by atoms with van der Waals surface area (Å²) in [6.07, 6.45) is 0.291. The molecule has 0 saturated heterocycles. The Hall–Kier alpha value is -0.910. The lowest BCUT2D eigenvalue weighted by Crippen LogP contribution is -2.30. The van der Waals surface area contributed by atoms with E-state index in [2.05, 4.69) is 20.8 Å². The second kappa shape index (κ2) is 6.03. The molecule has 0 aromatic heterocycles. The molecule has 1 atom stereocenters. The van der Waals surface area contributed by atoms with E-state index in [-0.39, 0.29) is 22.7 Å². The molecule has 0 aliphatic heterocycles. The van der Waals surface area contributed by atoms with E-state index in [1.54, 1.807) is 12.1 Å². The van der Waals surface area contributed by atoms with Crippen molar-refractivity contribution in [2.24, 2.45) is 5.73 Å². The Morgan fingerprint density at radius 1 is 1.21 bits per heavy atom. The minimum Gasteiger partial charge on any atom is -0.396 e. The van der Waals surface area contributed by atoms with Crippen molar-refractivity contribution >= 4 is 9.84 Å². The second-order valence-electron chi connectivity index (χ2n) is 5.83. The number of hydrogen-bond acceptors (Lipinski definition) is 4. The first-order valence-corrected chi connectivity index (χ1v) is 8.02. The van der Waals surface area contributed by atoms with Gasteiger partial charge in [0.25, 0.3) is 0 Å². The van der Waals surface area contributed by atoms with Gasteiger partial charge in [-0.2, -0.15) is 0 Å². The number of rotatable bonds is 5. The molecule has 19 heavy (non-hydrogen) atoms. The molecule has 3 N–H and O–H groups in total. The summed E-state index contributed by atoms with van der Waals surface area (Å²) < 4.78 is 24.2. The summed E-state index contributed by atoms with van der Waals surface area (Å²) in [5.74, 6) is -0.136. The maximum atomic E-state index is 12.1. The molecule has 0 heterocycles. The zero-order valence-electron chi connectivity index (χ0n) is 11.8. The highest BCUT2D eigenvalue weighted by molar-refractivity contribution is 7.91. The first-order valence-electron chi connectivity index (χ1n) is 6.36. The fraction of sp³-hybridized carbons (Fsp3) is 0.571. The van der Waals surface area contributed by atoms with Gasteiger partial charge < -0.3 is 10.8 Å². The predicted molar refractivity (Wildman–Crippen MR) is 76.9 cm³/mol. The molecule has 0 fully saturated rings. The van der Waals surface area contributed by atoms with E-state index in [9.17, 15) is 8.42 Å². The van der Waals surface area contributed by atoms with Gasteiger partial charge in [-0.05, 0) is 29.5 Å². The number of nitrogens with two attached hydrogens (primary N) is 1. The van der Waals surface area contributed by atoms with E-state index in [0.29, 0.717) is 6.42 Å². The van der Waals surface area contributed by atoms with Gasteiger partial charge in [0.2, 0.25) is 0 Å². The van der Waals surface area contributed by atoms with Crippen molar-refractivity contribution in [2.45, 2.75) is 43.5 Å². The topological polar surface area (TPSA) is 80.4 Å². The third kappa shape index (κ3) is 4.60. The highest BCUT2D eigenvalue weighted by Crippen LogP contribution is 2.23. The normalized spacial score (nSPS) is 14.4. The van der Waals surface area contributed by atoms with Crippen molar-refractivity contribution in [3.8, 4) is 0 Å². The van der Waals surface area contributed by atoms with Gasteiger partial charge in [0.05, 0.1) is 10.6 Å². The molecular formula is C14H23NO3S. The van der Waals surface area contributed by atoms with Crippen LogP contribution in [0.2, 0.25) is 0 Å². The Morgan fingerprint density at radius 2 is 1.74 bits per heavy atom. The van der Waals surface area contributed by atoms with Gasteiger partial charge >= 0.3 is 0 Å². The number of hydrogen-bond donors (Lipinski definition) is 2. The lowest BCUT2D eigenvalue weighted by atomic mass is 9.87. The molecule has 1 unspecified atom stereocenters. The fourth-order valence-corrected chi connectivity index (χ4v) is 3.26. The first kappa shape index (κ1) is 16.1. The number of aliphatic hydroxyl groups is 1. The van der Waals surface area contributed by atoms with Crippen LogP contribution in [-0.2, 0) is 15.3 Å². The minimum atomic E-state index is -3.38. The highest BCUT2D eigenvalue weighted by atomic mass is 32.2. The van der Waals surface area contributed by atoms with E-state index in [1.165, 1.54) is 0 Å². The van der Waals surface area contributed by atoms with E-state index in [4.69, 9.17) is 10.8 Å². The monoisotopic (exact) mass is 285 g/mol. The van der Waals surface area contributed by atoms with Crippen molar-refractivity contribution in [3.63, 3.8) is 0 Å². The first-order chi connectivity index (χ1) is 8.66. The average Bonchev–Trinajstić information content (AvgIpc) is 2.27. The smallest absolute Gasteiger partial charge is 0.179 e. The van der Waals surface area contributed by atoms with Crippen LogP contribution < -0.4 is 5.73 Å². The Balaban J connectivity index is 2.91. The van der Waals surface area contributed by atoms with Crippen LogP contribution >= 0.6 is 0 Å². The van der Waals surface area contributed by atoms with E-state index < -0.39 is 15.9 Å². The van der Waals surface area contributed by atoms with Gasteiger partial charge in [-0.1, -0.05) is 32.9 Å². The van der Waals surface area contributed by atoms with Crippen molar-refractivity contribution in [2.75, 3.05) is 12.4 Å². The molecule has 1 aromatic carbocycles. The van der Waals surface area contributed by atoms with Crippen molar-refractivity contribution in [3.05, 3.63) is 29.8 Å². The molecule has 0 saturated carbocycles. The molecular weight excluding hydrogens is 262 g/mol. The van der Waals surface area contributed by atoms with Crippen molar-refractivity contribution < 1.29 is 13.5 Å². The lowest BCUT2D eigenvalue weighted by molar-refractivity contribution is 0.279. The summed E-state index contributed by atoms with van der Waals surface area (Å²) in [4.78, 5) is 0.286. The van der Waals surface area contributed by atoms with Crippen LogP contribution in [0, 0.1) is 0 Å². The van der Waals surface area contributed by atoms with Gasteiger partial charge in [0.15, 0.2) is 9.84 Å². The van der Waals surface area contributed by atoms with E-state index in [1.807, 2.05) is 12.1 Å². The Kier molecular flexibility index (Phi) is 5.12. The Labute approximate surface area is 115 Å². The highest BCUT2D eigenvalue weighted by Gasteiger charge is 2.20. The lowest BCUT2D eigenvalue weighted by Gasteiger charge is -2.19. The van der Waals surface area contributed by atoms with Crippen molar-refractivity contribution in [1.29, 1.82) is 0 Å². The van der Waals surface area contributed by atoms with Crippen LogP contribution in [-0.4, -0.2) is 31.9 Å². The van der Waals surface area contributed by atoms with Gasteiger partial charge in [0, 0.05) is 12.6 Å². The minimum absolute atomic E-state index is 0.00438. The summed E-state index contributed by atoms with van der Waals surface area (Å²) in [5.41, 5.74) is 6.75. The summed E-state index contributed by atoms with van der Waals surface area (Å²) >= 11 is 0.